The molecule has 1 unspecified atom stereocenters. The molecule has 2 saturated heterocycles. The molecular weight excluding hydrogens is 482 g/mol. The van der Waals surface area contributed by atoms with Crippen molar-refractivity contribution < 1.29 is 24.2 Å². The number of carbonyl (C=O) groups excluding carboxylic acids is 3. The van der Waals surface area contributed by atoms with Crippen LogP contribution in [-0.2, 0) is 25.7 Å². The van der Waals surface area contributed by atoms with Crippen molar-refractivity contribution in [2.75, 3.05) is 26.2 Å². The molecule has 4 aliphatic rings. The quantitative estimate of drug-likeness (QED) is 0.420. The second-order valence-electron chi connectivity index (χ2n) is 11.3. The number of hydrogen-bond donors (Lipinski definition) is 1. The standard InChI is InChI=1S/C30H39N3O5/c1-4-5-9-16-31-17-11-15-30-24(27(36)33(21(2)20-34)25(30)28(31)37)23-26(35)32(18-10-14-29(23,3)38-30)19-22-12-7-6-8-13-22/h6-8,10-15,21,23-25,34H,4-5,9,16-20H2,1-3H3/t21-,23+,24+,25?,29-,30+/m1/s1. The smallest absolute Gasteiger partial charge is 0.249 e. The van der Waals surface area contributed by atoms with Crippen molar-refractivity contribution in [1.82, 2.24) is 14.7 Å². The highest BCUT2D eigenvalue weighted by Crippen LogP contribution is 2.57. The summed E-state index contributed by atoms with van der Waals surface area (Å²) in [6.07, 6.45) is 10.5. The van der Waals surface area contributed by atoms with Crippen molar-refractivity contribution in [1.29, 1.82) is 0 Å². The van der Waals surface area contributed by atoms with Gasteiger partial charge in [0.2, 0.25) is 17.7 Å². The number of ether oxygens (including phenoxy) is 1. The van der Waals surface area contributed by atoms with Crippen LogP contribution in [0.5, 0.6) is 0 Å². The molecule has 8 heteroatoms. The fourth-order valence-electron chi connectivity index (χ4n) is 6.82. The normalized spacial score (nSPS) is 33.2. The highest BCUT2D eigenvalue weighted by atomic mass is 16.5. The Kier molecular flexibility index (Phi) is 7.22. The van der Waals surface area contributed by atoms with Gasteiger partial charge in [-0.1, -0.05) is 74.4 Å². The molecule has 8 nitrogen and oxygen atoms in total. The molecule has 4 aliphatic heterocycles. The first-order chi connectivity index (χ1) is 18.3. The minimum atomic E-state index is -1.29. The maximum Gasteiger partial charge on any atom is 0.249 e. The number of unbranched alkanes of at least 4 members (excludes halogenated alkanes) is 2. The van der Waals surface area contributed by atoms with Gasteiger partial charge in [0, 0.05) is 26.2 Å². The van der Waals surface area contributed by atoms with Crippen LogP contribution in [0.15, 0.2) is 54.6 Å². The van der Waals surface area contributed by atoms with Gasteiger partial charge in [-0.2, -0.15) is 0 Å². The number of rotatable bonds is 8. The second-order valence-corrected chi connectivity index (χ2v) is 11.3. The Balaban J connectivity index is 1.56. The Morgan fingerprint density at radius 2 is 1.68 bits per heavy atom. The first kappa shape index (κ1) is 26.6. The van der Waals surface area contributed by atoms with E-state index in [4.69, 9.17) is 4.74 Å². The van der Waals surface area contributed by atoms with E-state index in [1.807, 2.05) is 61.6 Å². The van der Waals surface area contributed by atoms with Gasteiger partial charge in [0.25, 0.3) is 0 Å². The molecule has 0 aromatic heterocycles. The summed E-state index contributed by atoms with van der Waals surface area (Å²) in [5.74, 6) is -2.30. The first-order valence-corrected chi connectivity index (χ1v) is 13.9. The van der Waals surface area contributed by atoms with Gasteiger partial charge in [0.15, 0.2) is 0 Å². The zero-order valence-electron chi connectivity index (χ0n) is 22.6. The van der Waals surface area contributed by atoms with Gasteiger partial charge in [-0.25, -0.2) is 0 Å². The molecule has 2 fully saturated rings. The lowest BCUT2D eigenvalue weighted by molar-refractivity contribution is -0.155. The summed E-state index contributed by atoms with van der Waals surface area (Å²) in [6.45, 7) is 7.29. The molecule has 4 heterocycles. The topological polar surface area (TPSA) is 90.4 Å². The van der Waals surface area contributed by atoms with Gasteiger partial charge in [0.1, 0.15) is 11.6 Å². The fraction of sp³-hybridized carbons (Fsp3) is 0.567. The summed E-state index contributed by atoms with van der Waals surface area (Å²) in [5.41, 5.74) is -1.32. The summed E-state index contributed by atoms with van der Waals surface area (Å²) in [5, 5.41) is 10.1. The van der Waals surface area contributed by atoms with E-state index >= 15 is 0 Å². The van der Waals surface area contributed by atoms with E-state index < -0.39 is 35.1 Å². The van der Waals surface area contributed by atoms with E-state index in [2.05, 4.69) is 6.92 Å². The van der Waals surface area contributed by atoms with Crippen LogP contribution < -0.4 is 0 Å². The highest BCUT2D eigenvalue weighted by molar-refractivity contribution is 6.00. The van der Waals surface area contributed by atoms with Gasteiger partial charge in [0.05, 0.1) is 30.1 Å². The molecule has 6 atom stereocenters. The summed E-state index contributed by atoms with van der Waals surface area (Å²) in [4.78, 5) is 47.6. The van der Waals surface area contributed by atoms with Crippen molar-refractivity contribution in [3.05, 3.63) is 60.2 Å². The molecule has 0 bridgehead atoms. The number of fused-ring (bicyclic) bond motifs is 2. The Labute approximate surface area is 224 Å². The Hall–Kier alpha value is -2.97. The summed E-state index contributed by atoms with van der Waals surface area (Å²) >= 11 is 0. The van der Waals surface area contributed by atoms with E-state index in [1.54, 1.807) is 16.7 Å². The Morgan fingerprint density at radius 1 is 0.974 bits per heavy atom. The molecule has 38 heavy (non-hydrogen) atoms. The van der Waals surface area contributed by atoms with Crippen molar-refractivity contribution >= 4 is 17.7 Å². The van der Waals surface area contributed by atoms with Crippen LogP contribution in [0.3, 0.4) is 0 Å². The fourth-order valence-corrected chi connectivity index (χ4v) is 6.82. The van der Waals surface area contributed by atoms with E-state index in [1.165, 1.54) is 4.90 Å². The van der Waals surface area contributed by atoms with Crippen LogP contribution in [-0.4, -0.2) is 87.1 Å². The van der Waals surface area contributed by atoms with Crippen molar-refractivity contribution in [2.24, 2.45) is 11.8 Å². The molecule has 3 amide bonds. The summed E-state index contributed by atoms with van der Waals surface area (Å²) in [6, 6.07) is 8.26. The second kappa shape index (κ2) is 10.3. The van der Waals surface area contributed by atoms with Crippen LogP contribution in [0, 0.1) is 11.8 Å². The molecule has 5 rings (SSSR count). The zero-order valence-corrected chi connectivity index (χ0v) is 22.6. The van der Waals surface area contributed by atoms with Gasteiger partial charge in [-0.3, -0.25) is 14.4 Å². The molecule has 204 valence electrons. The third kappa shape index (κ3) is 4.18. The van der Waals surface area contributed by atoms with Crippen molar-refractivity contribution in [3.63, 3.8) is 0 Å². The van der Waals surface area contributed by atoms with Gasteiger partial charge < -0.3 is 24.5 Å². The lowest BCUT2D eigenvalue weighted by Gasteiger charge is -2.39. The number of amides is 3. The lowest BCUT2D eigenvalue weighted by atomic mass is 9.74. The SMILES string of the molecule is CCCCCN1CC=C[C@]23O[C@]4(C)C=CCN(Cc5ccccc5)C(=O)[C@@H]4[C@H]2C(=O)N([C@H](C)CO)C3C1=O. The lowest BCUT2D eigenvalue weighted by Crippen LogP contribution is -2.58. The molecule has 0 saturated carbocycles. The monoisotopic (exact) mass is 521 g/mol. The number of hydrogen-bond acceptors (Lipinski definition) is 5. The number of benzene rings is 1. The van der Waals surface area contributed by atoms with Crippen LogP contribution >= 0.6 is 0 Å². The zero-order chi connectivity index (χ0) is 27.1. The largest absolute Gasteiger partial charge is 0.394 e. The van der Waals surface area contributed by atoms with Crippen LogP contribution in [0.1, 0.15) is 45.6 Å². The number of carbonyl (C=O) groups is 3. The summed E-state index contributed by atoms with van der Waals surface area (Å²) < 4.78 is 6.82. The molecule has 1 N–H and O–H groups in total. The van der Waals surface area contributed by atoms with E-state index in [0.29, 0.717) is 26.2 Å². The van der Waals surface area contributed by atoms with E-state index in [-0.39, 0.29) is 24.3 Å². The van der Waals surface area contributed by atoms with Gasteiger partial charge in [-0.15, -0.1) is 0 Å². The van der Waals surface area contributed by atoms with Crippen molar-refractivity contribution in [2.45, 2.75) is 69.9 Å². The molecule has 1 aromatic rings. The Bertz CT molecular complexity index is 1140. The molecule has 1 aromatic carbocycles. The van der Waals surface area contributed by atoms with Crippen LogP contribution in [0.2, 0.25) is 0 Å². The number of aliphatic hydroxyl groups excluding tert-OH is 1. The molecule has 0 radical (unpaired) electrons. The number of likely N-dealkylation sites (tertiary alicyclic amines) is 1. The predicted octanol–water partition coefficient (Wildman–Crippen LogP) is 2.53. The third-order valence-electron chi connectivity index (χ3n) is 8.65. The number of aliphatic hydroxyl groups is 1. The van der Waals surface area contributed by atoms with E-state index in [9.17, 15) is 19.5 Å². The molecule has 1 spiro atoms. The van der Waals surface area contributed by atoms with Crippen LogP contribution in [0.4, 0.5) is 0 Å². The maximum absolute atomic E-state index is 14.2. The predicted molar refractivity (Wildman–Crippen MR) is 143 cm³/mol. The minimum Gasteiger partial charge on any atom is -0.394 e. The highest BCUT2D eigenvalue weighted by Gasteiger charge is 2.75. The van der Waals surface area contributed by atoms with Crippen molar-refractivity contribution in [3.8, 4) is 0 Å². The average Bonchev–Trinajstić information content (AvgIpc) is 3.19. The Morgan fingerprint density at radius 3 is 2.39 bits per heavy atom. The molecular formula is C30H39N3O5. The average molecular weight is 522 g/mol. The third-order valence-corrected chi connectivity index (χ3v) is 8.65. The first-order valence-electron chi connectivity index (χ1n) is 13.9. The van der Waals surface area contributed by atoms with E-state index in [0.717, 1.165) is 24.8 Å². The maximum atomic E-state index is 14.2. The van der Waals surface area contributed by atoms with Gasteiger partial charge in [-0.05, 0) is 25.8 Å². The van der Waals surface area contributed by atoms with Crippen LogP contribution in [0.25, 0.3) is 0 Å². The summed E-state index contributed by atoms with van der Waals surface area (Å²) in [7, 11) is 0. The molecule has 0 aliphatic carbocycles. The number of nitrogens with zero attached hydrogens (tertiary/aromatic N) is 3. The minimum absolute atomic E-state index is 0.154. The van der Waals surface area contributed by atoms with Gasteiger partial charge >= 0.3 is 0 Å².